The number of urea groups is 1. The Morgan fingerprint density at radius 2 is 1.74 bits per heavy atom. The number of carbonyl (C=O) groups is 1. The molecule has 3 N–H and O–H groups in total. The highest BCUT2D eigenvalue weighted by atomic mass is 19.4. The van der Waals surface area contributed by atoms with Crippen LogP contribution in [0.2, 0.25) is 0 Å². The minimum absolute atomic E-state index is 0.0393. The topological polar surface area (TPSA) is 77.9 Å². The molecule has 0 fully saturated rings. The third kappa shape index (κ3) is 4.37. The van der Waals surface area contributed by atoms with Crippen LogP contribution >= 0.6 is 0 Å². The molecule has 3 aromatic rings. The molecule has 194 valence electrons. The summed E-state index contributed by atoms with van der Waals surface area (Å²) in [5.74, 6) is 0.933. The molecule has 2 heterocycles. The van der Waals surface area contributed by atoms with Crippen molar-refractivity contribution in [3.05, 3.63) is 95.6 Å². The number of quaternary nitrogens is 1. The van der Waals surface area contributed by atoms with E-state index in [-0.39, 0.29) is 16.2 Å². The van der Waals surface area contributed by atoms with Gasteiger partial charge in [-0.2, -0.15) is 23.6 Å². The van der Waals surface area contributed by atoms with E-state index in [1.807, 2.05) is 49.8 Å². The lowest BCUT2D eigenvalue weighted by atomic mass is 10.0. The summed E-state index contributed by atoms with van der Waals surface area (Å²) < 4.78 is 39.4. The Morgan fingerprint density at radius 1 is 0.974 bits per heavy atom. The van der Waals surface area contributed by atoms with Gasteiger partial charge in [0.15, 0.2) is 0 Å². The minimum Gasteiger partial charge on any atom is -0.308 e. The highest BCUT2D eigenvalue weighted by molar-refractivity contribution is 6.14. The van der Waals surface area contributed by atoms with E-state index >= 15 is 0 Å². The number of nitrogens with zero attached hydrogens (tertiary/aromatic N) is 3. The predicted molar refractivity (Wildman–Crippen MR) is 143 cm³/mol. The fourth-order valence-electron chi connectivity index (χ4n) is 4.74. The first-order valence-corrected chi connectivity index (χ1v) is 12.0. The molecular weight excluding hydrogens is 493 g/mol. The molecule has 1 atom stereocenters. The molecule has 1 unspecified atom stereocenters. The van der Waals surface area contributed by atoms with Crippen LogP contribution in [0.15, 0.2) is 94.4 Å². The lowest BCUT2D eigenvalue weighted by molar-refractivity contribution is -0.786. The average molecular weight is 520 g/mol. The van der Waals surface area contributed by atoms with Gasteiger partial charge < -0.3 is 10.6 Å². The molecular formula is C28H26F3N6O+. The zero-order valence-corrected chi connectivity index (χ0v) is 21.0. The number of carbonyl (C=O) groups excluding carboxylic acids is 1. The lowest BCUT2D eigenvalue weighted by Crippen LogP contribution is -2.55. The van der Waals surface area contributed by atoms with E-state index in [1.165, 1.54) is 12.1 Å². The number of halogens is 3. The first-order valence-electron chi connectivity index (χ1n) is 12.0. The summed E-state index contributed by atoms with van der Waals surface area (Å²) in [5.41, 5.74) is 5.82. The number of amides is 2. The third-order valence-electron chi connectivity index (χ3n) is 6.54. The number of hydrogen-bond acceptors (Lipinski definition) is 4. The molecule has 2 aliphatic rings. The monoisotopic (exact) mass is 519 g/mol. The molecule has 0 spiro atoms. The van der Waals surface area contributed by atoms with E-state index in [2.05, 4.69) is 34.9 Å². The number of hydrogen-bond donors (Lipinski definition) is 3. The molecule has 7 nitrogen and oxygen atoms in total. The van der Waals surface area contributed by atoms with Crippen LogP contribution in [-0.2, 0) is 6.18 Å². The van der Waals surface area contributed by atoms with Crippen molar-refractivity contribution in [2.75, 3.05) is 17.7 Å². The van der Waals surface area contributed by atoms with Crippen molar-refractivity contribution in [2.45, 2.75) is 20.0 Å². The van der Waals surface area contributed by atoms with Crippen molar-refractivity contribution in [1.29, 1.82) is 0 Å². The maximum Gasteiger partial charge on any atom is 0.416 e. The quantitative estimate of drug-likeness (QED) is 0.331. The zero-order valence-electron chi connectivity index (χ0n) is 21.0. The fourth-order valence-corrected chi connectivity index (χ4v) is 4.74. The molecule has 10 heteroatoms. The van der Waals surface area contributed by atoms with Crippen molar-refractivity contribution in [3.63, 3.8) is 0 Å². The van der Waals surface area contributed by atoms with Gasteiger partial charge in [-0.3, -0.25) is 4.99 Å². The summed E-state index contributed by atoms with van der Waals surface area (Å²) in [5, 5.41) is 6.89. The Kier molecular flexibility index (Phi) is 6.38. The first kappa shape index (κ1) is 25.4. The molecule has 2 aliphatic heterocycles. The third-order valence-corrected chi connectivity index (χ3v) is 6.54. The fraction of sp³-hybridized carbons (Fsp3) is 0.179. The van der Waals surface area contributed by atoms with Crippen molar-refractivity contribution in [3.8, 4) is 0 Å². The molecule has 0 radical (unpaired) electrons. The largest absolute Gasteiger partial charge is 0.416 e. The zero-order chi connectivity index (χ0) is 27.1. The molecule has 0 saturated carbocycles. The van der Waals surface area contributed by atoms with E-state index in [1.54, 1.807) is 12.3 Å². The lowest BCUT2D eigenvalue weighted by Gasteiger charge is -2.31. The highest BCUT2D eigenvalue weighted by Crippen LogP contribution is 2.38. The van der Waals surface area contributed by atoms with Crippen LogP contribution < -0.4 is 16.1 Å². The van der Waals surface area contributed by atoms with Crippen molar-refractivity contribution >= 4 is 40.2 Å². The van der Waals surface area contributed by atoms with Gasteiger partial charge in [0.25, 0.3) is 5.84 Å². The highest BCUT2D eigenvalue weighted by Gasteiger charge is 2.47. The van der Waals surface area contributed by atoms with Gasteiger partial charge in [-0.1, -0.05) is 44.2 Å². The molecule has 0 aromatic heterocycles. The summed E-state index contributed by atoms with van der Waals surface area (Å²) in [4.78, 5) is 22.1. The van der Waals surface area contributed by atoms with E-state index < -0.39 is 17.8 Å². The molecule has 0 saturated heterocycles. The standard InChI is InChI=1S/C28H25F3N6O/c1-17(2)25-24-16-33-13-14-37(24,32-3)26(36-25)22-11-12-23(21-10-5-4-9-20(21)22)35-27(38)34-19-8-6-7-18(15-19)28(29,30)31/h4-17,32H,1-3H3,(H-,33,34,35,36,38)/p+1. The number of allylic oxidation sites excluding steroid dienone is 2. The second kappa shape index (κ2) is 9.55. The Bertz CT molecular complexity index is 1550. The number of amidine groups is 1. The number of fused-ring (bicyclic) bond motifs is 2. The maximum absolute atomic E-state index is 13.1. The summed E-state index contributed by atoms with van der Waals surface area (Å²) in [7, 11) is 1.86. The van der Waals surface area contributed by atoms with Crippen LogP contribution in [0.25, 0.3) is 10.8 Å². The van der Waals surface area contributed by atoms with E-state index in [0.29, 0.717) is 5.69 Å². The van der Waals surface area contributed by atoms with Gasteiger partial charge in [-0.15, -0.1) is 4.59 Å². The van der Waals surface area contributed by atoms with E-state index in [9.17, 15) is 18.0 Å². The van der Waals surface area contributed by atoms with Crippen LogP contribution in [-0.4, -0.2) is 29.7 Å². The van der Waals surface area contributed by atoms with Gasteiger partial charge in [-0.05, 0) is 35.7 Å². The van der Waals surface area contributed by atoms with E-state index in [0.717, 1.165) is 45.7 Å². The molecule has 0 aliphatic carbocycles. The summed E-state index contributed by atoms with van der Waals surface area (Å²) in [6.45, 7) is 4.17. The minimum atomic E-state index is -4.50. The Balaban J connectivity index is 1.50. The predicted octanol–water partition coefficient (Wildman–Crippen LogP) is 6.64. The Morgan fingerprint density at radius 3 is 2.45 bits per heavy atom. The number of alkyl halides is 3. The van der Waals surface area contributed by atoms with Crippen LogP contribution in [0, 0.1) is 5.92 Å². The Labute approximate surface area is 217 Å². The van der Waals surface area contributed by atoms with Gasteiger partial charge in [0.1, 0.15) is 11.9 Å². The van der Waals surface area contributed by atoms with Crippen molar-refractivity contribution in [1.82, 2.24) is 5.43 Å². The average Bonchev–Trinajstić information content (AvgIpc) is 3.24. The molecule has 3 aromatic carbocycles. The van der Waals surface area contributed by atoms with E-state index in [4.69, 9.17) is 4.99 Å². The van der Waals surface area contributed by atoms with Gasteiger partial charge in [-0.25, -0.2) is 4.79 Å². The smallest absolute Gasteiger partial charge is 0.308 e. The SMILES string of the molecule is CN[N+]12C=CN=CC1=C(C(C)C)N=C2c1ccc(NC(=O)Nc2cccc(C(F)(F)F)c2)c2ccccc12. The Hall–Kier alpha value is -4.28. The van der Waals surface area contributed by atoms with Crippen molar-refractivity contribution < 1.29 is 22.6 Å². The van der Waals surface area contributed by atoms with Crippen LogP contribution in [0.5, 0.6) is 0 Å². The summed E-state index contributed by atoms with van der Waals surface area (Å²) in [6, 6.07) is 15.1. The van der Waals surface area contributed by atoms with Gasteiger partial charge in [0.2, 0.25) is 5.70 Å². The van der Waals surface area contributed by atoms with Gasteiger partial charge >= 0.3 is 12.2 Å². The second-order valence-electron chi connectivity index (χ2n) is 9.25. The second-order valence-corrected chi connectivity index (χ2v) is 9.25. The number of benzene rings is 3. The number of aliphatic imine (C=N–C) groups is 2. The van der Waals surface area contributed by atoms with Crippen LogP contribution in [0.3, 0.4) is 0 Å². The molecule has 5 rings (SSSR count). The normalized spacial score (nSPS) is 18.7. The summed E-state index contributed by atoms with van der Waals surface area (Å²) in [6.07, 6.45) is 0.983. The van der Waals surface area contributed by atoms with Crippen molar-refractivity contribution in [2.24, 2.45) is 15.9 Å². The van der Waals surface area contributed by atoms with Crippen LogP contribution in [0.4, 0.5) is 29.3 Å². The number of nitrogens with one attached hydrogen (secondary N) is 3. The number of anilines is 2. The van der Waals surface area contributed by atoms with Gasteiger partial charge in [0, 0.05) is 24.0 Å². The first-order chi connectivity index (χ1) is 18.1. The molecule has 38 heavy (non-hydrogen) atoms. The molecule has 2 amide bonds. The van der Waals surface area contributed by atoms with Gasteiger partial charge in [0.05, 0.1) is 29.2 Å². The maximum atomic E-state index is 13.1. The van der Waals surface area contributed by atoms with Crippen LogP contribution in [0.1, 0.15) is 25.0 Å². The number of rotatable bonds is 5. The molecule has 0 bridgehead atoms. The summed E-state index contributed by atoms with van der Waals surface area (Å²) >= 11 is 0.